The summed E-state index contributed by atoms with van der Waals surface area (Å²) in [6.07, 6.45) is 3.61. The predicted molar refractivity (Wildman–Crippen MR) is 84.2 cm³/mol. The van der Waals surface area contributed by atoms with E-state index < -0.39 is 0 Å². The fraction of sp³-hybridized carbons (Fsp3) is 0.714. The third-order valence-electron chi connectivity index (χ3n) is 3.06. The topological polar surface area (TPSA) is 37.8 Å². The molecule has 1 heterocycles. The van der Waals surface area contributed by atoms with Gasteiger partial charge in [-0.2, -0.15) is 0 Å². The van der Waals surface area contributed by atoms with Gasteiger partial charge in [0.05, 0.1) is 9.26 Å². The number of anilines is 1. The first kappa shape index (κ1) is 14.0. The molecule has 100 valence electrons. The minimum Gasteiger partial charge on any atom is -0.369 e. The van der Waals surface area contributed by atoms with Crippen molar-refractivity contribution in [2.24, 2.45) is 0 Å². The molecule has 1 saturated carbocycles. The maximum Gasteiger partial charge on any atom is 0.143 e. The molecule has 0 bridgehead atoms. The second-order valence-corrected chi connectivity index (χ2v) is 7.12. The lowest BCUT2D eigenvalue weighted by Crippen LogP contribution is -2.20. The molecule has 1 aliphatic rings. The van der Waals surface area contributed by atoms with Crippen molar-refractivity contribution in [2.45, 2.75) is 58.3 Å². The van der Waals surface area contributed by atoms with E-state index in [1.807, 2.05) is 0 Å². The van der Waals surface area contributed by atoms with Crippen LogP contribution in [0.1, 0.15) is 64.4 Å². The number of hydrogen-bond donors (Lipinski definition) is 1. The quantitative estimate of drug-likeness (QED) is 0.824. The summed E-state index contributed by atoms with van der Waals surface area (Å²) in [5, 5.41) is 3.44. The van der Waals surface area contributed by atoms with Gasteiger partial charge in [0, 0.05) is 17.9 Å². The Kier molecular flexibility index (Phi) is 4.14. The lowest BCUT2D eigenvalue weighted by Gasteiger charge is -2.22. The molecule has 0 amide bonds. The van der Waals surface area contributed by atoms with Crippen molar-refractivity contribution in [3.8, 4) is 0 Å². The smallest absolute Gasteiger partial charge is 0.143 e. The van der Waals surface area contributed by atoms with Crippen LogP contribution in [0.15, 0.2) is 0 Å². The van der Waals surface area contributed by atoms with Crippen LogP contribution in [-0.4, -0.2) is 16.5 Å². The highest BCUT2D eigenvalue weighted by atomic mass is 127. The van der Waals surface area contributed by atoms with Crippen LogP contribution < -0.4 is 5.32 Å². The van der Waals surface area contributed by atoms with E-state index >= 15 is 0 Å². The van der Waals surface area contributed by atoms with Crippen LogP contribution >= 0.6 is 22.6 Å². The Hall–Kier alpha value is -0.390. The van der Waals surface area contributed by atoms with E-state index in [0.717, 1.165) is 24.6 Å². The van der Waals surface area contributed by atoms with Crippen LogP contribution in [0.5, 0.6) is 0 Å². The lowest BCUT2D eigenvalue weighted by molar-refractivity contribution is 0.558. The number of halogens is 1. The van der Waals surface area contributed by atoms with Gasteiger partial charge in [-0.15, -0.1) is 0 Å². The summed E-state index contributed by atoms with van der Waals surface area (Å²) < 4.78 is 1.18. The van der Waals surface area contributed by atoms with Crippen molar-refractivity contribution < 1.29 is 0 Å². The molecule has 1 N–H and O–H groups in total. The standard InChI is InChI=1S/C14H22IN3/c1-5-8-16-13-10(15)11(14(2,3)4)17-12(18-13)9-6-7-9/h9H,5-8H2,1-4H3,(H,16,17,18). The molecule has 1 aromatic rings. The van der Waals surface area contributed by atoms with Gasteiger partial charge in [-0.3, -0.25) is 0 Å². The van der Waals surface area contributed by atoms with Crippen molar-refractivity contribution in [1.82, 2.24) is 9.97 Å². The molecule has 0 aliphatic heterocycles. The summed E-state index contributed by atoms with van der Waals surface area (Å²) in [6, 6.07) is 0. The van der Waals surface area contributed by atoms with E-state index in [1.54, 1.807) is 0 Å². The van der Waals surface area contributed by atoms with Crippen molar-refractivity contribution in [3.05, 3.63) is 15.1 Å². The van der Waals surface area contributed by atoms with Gasteiger partial charge in [0.1, 0.15) is 11.6 Å². The highest BCUT2D eigenvalue weighted by molar-refractivity contribution is 14.1. The first-order chi connectivity index (χ1) is 8.43. The maximum atomic E-state index is 4.82. The summed E-state index contributed by atoms with van der Waals surface area (Å²) in [4.78, 5) is 9.53. The first-order valence-corrected chi connectivity index (χ1v) is 7.83. The lowest BCUT2D eigenvalue weighted by atomic mass is 9.92. The highest BCUT2D eigenvalue weighted by Gasteiger charge is 2.30. The fourth-order valence-corrected chi connectivity index (χ4v) is 3.09. The highest BCUT2D eigenvalue weighted by Crippen LogP contribution is 2.40. The molecule has 1 fully saturated rings. The first-order valence-electron chi connectivity index (χ1n) is 6.75. The zero-order valence-corrected chi connectivity index (χ0v) is 13.8. The molecule has 0 radical (unpaired) electrons. The molecule has 18 heavy (non-hydrogen) atoms. The van der Waals surface area contributed by atoms with Crippen LogP contribution in [0.4, 0.5) is 5.82 Å². The second-order valence-electron chi connectivity index (χ2n) is 6.04. The Balaban J connectivity index is 2.41. The Morgan fingerprint density at radius 1 is 1.28 bits per heavy atom. The Labute approximate surface area is 123 Å². The maximum absolute atomic E-state index is 4.82. The number of aromatic nitrogens is 2. The monoisotopic (exact) mass is 359 g/mol. The molecule has 0 atom stereocenters. The Morgan fingerprint density at radius 2 is 1.94 bits per heavy atom. The zero-order chi connectivity index (χ0) is 13.3. The second kappa shape index (κ2) is 5.31. The van der Waals surface area contributed by atoms with Gasteiger partial charge in [-0.05, 0) is 41.9 Å². The van der Waals surface area contributed by atoms with E-state index in [1.165, 1.54) is 22.1 Å². The molecule has 0 aromatic carbocycles. The van der Waals surface area contributed by atoms with E-state index in [0.29, 0.717) is 5.92 Å². The number of nitrogens with zero attached hydrogens (tertiary/aromatic N) is 2. The summed E-state index contributed by atoms with van der Waals surface area (Å²) in [7, 11) is 0. The summed E-state index contributed by atoms with van der Waals surface area (Å²) in [6.45, 7) is 9.81. The summed E-state index contributed by atoms with van der Waals surface area (Å²) >= 11 is 2.38. The van der Waals surface area contributed by atoms with Crippen LogP contribution in [0.25, 0.3) is 0 Å². The minimum absolute atomic E-state index is 0.0751. The number of nitrogens with one attached hydrogen (secondary N) is 1. The van der Waals surface area contributed by atoms with Gasteiger partial charge >= 0.3 is 0 Å². The van der Waals surface area contributed by atoms with Gasteiger partial charge in [0.15, 0.2) is 0 Å². The van der Waals surface area contributed by atoms with Gasteiger partial charge in [0.25, 0.3) is 0 Å². The van der Waals surface area contributed by atoms with E-state index in [-0.39, 0.29) is 5.41 Å². The summed E-state index contributed by atoms with van der Waals surface area (Å²) in [5.74, 6) is 2.67. The average molecular weight is 359 g/mol. The van der Waals surface area contributed by atoms with E-state index in [9.17, 15) is 0 Å². The van der Waals surface area contributed by atoms with Crippen molar-refractivity contribution in [3.63, 3.8) is 0 Å². The zero-order valence-electron chi connectivity index (χ0n) is 11.7. The molecule has 0 unspecified atom stereocenters. The fourth-order valence-electron chi connectivity index (χ4n) is 1.85. The van der Waals surface area contributed by atoms with Gasteiger partial charge in [-0.25, -0.2) is 9.97 Å². The molecular weight excluding hydrogens is 337 g/mol. The summed E-state index contributed by atoms with van der Waals surface area (Å²) in [5.41, 5.74) is 1.25. The van der Waals surface area contributed by atoms with Crippen molar-refractivity contribution >= 4 is 28.4 Å². The van der Waals surface area contributed by atoms with Crippen molar-refractivity contribution in [1.29, 1.82) is 0 Å². The molecule has 2 rings (SSSR count). The van der Waals surface area contributed by atoms with E-state index in [2.05, 4.69) is 55.6 Å². The third-order valence-corrected chi connectivity index (χ3v) is 4.09. The van der Waals surface area contributed by atoms with Crippen LogP contribution in [0.2, 0.25) is 0 Å². The molecule has 1 aromatic heterocycles. The predicted octanol–water partition coefficient (Wildman–Crippen LogP) is 4.08. The van der Waals surface area contributed by atoms with Crippen LogP contribution in [-0.2, 0) is 5.41 Å². The molecule has 0 spiro atoms. The third kappa shape index (κ3) is 3.13. The molecule has 4 heteroatoms. The van der Waals surface area contributed by atoms with Crippen LogP contribution in [0, 0.1) is 3.57 Å². The Morgan fingerprint density at radius 3 is 2.44 bits per heavy atom. The van der Waals surface area contributed by atoms with Crippen LogP contribution in [0.3, 0.4) is 0 Å². The van der Waals surface area contributed by atoms with Gasteiger partial charge in [0.2, 0.25) is 0 Å². The molecular formula is C14H22IN3. The SMILES string of the molecule is CCCNc1nc(C2CC2)nc(C(C)(C)C)c1I. The normalized spacial score (nSPS) is 15.8. The van der Waals surface area contributed by atoms with Crippen molar-refractivity contribution in [2.75, 3.05) is 11.9 Å². The minimum atomic E-state index is 0.0751. The molecule has 1 aliphatic carbocycles. The van der Waals surface area contributed by atoms with E-state index in [4.69, 9.17) is 9.97 Å². The molecule has 0 saturated heterocycles. The number of rotatable bonds is 4. The van der Waals surface area contributed by atoms with Gasteiger partial charge in [-0.1, -0.05) is 27.7 Å². The largest absolute Gasteiger partial charge is 0.369 e. The average Bonchev–Trinajstić information content (AvgIpc) is 3.10. The van der Waals surface area contributed by atoms with Gasteiger partial charge < -0.3 is 5.32 Å². The number of hydrogen-bond acceptors (Lipinski definition) is 3. The Bertz CT molecular complexity index is 433. The molecule has 3 nitrogen and oxygen atoms in total.